The molecule has 0 spiro atoms. The monoisotopic (exact) mass is 422 g/mol. The van der Waals surface area contributed by atoms with Crippen molar-refractivity contribution in [3.8, 4) is 5.75 Å². The Morgan fingerprint density at radius 1 is 0.938 bits per heavy atom. The van der Waals surface area contributed by atoms with Crippen molar-refractivity contribution in [3.05, 3.63) is 95.1 Å². The molecule has 3 aromatic rings. The molecule has 6 rings (SSSR count). The maximum absolute atomic E-state index is 13.9. The van der Waals surface area contributed by atoms with Gasteiger partial charge in [-0.05, 0) is 47.4 Å². The van der Waals surface area contributed by atoms with Crippen LogP contribution in [0.3, 0.4) is 0 Å². The number of benzene rings is 3. The van der Waals surface area contributed by atoms with Crippen LogP contribution in [-0.4, -0.2) is 25.5 Å². The molecule has 0 saturated carbocycles. The molecule has 1 saturated heterocycles. The van der Waals surface area contributed by atoms with E-state index in [0.29, 0.717) is 17.0 Å². The first-order chi connectivity index (χ1) is 15.7. The van der Waals surface area contributed by atoms with Crippen molar-refractivity contribution in [1.82, 2.24) is 0 Å². The van der Waals surface area contributed by atoms with Gasteiger partial charge in [0.25, 0.3) is 5.91 Å². The number of nitrogens with zero attached hydrogens (tertiary/aromatic N) is 2. The number of rotatable bonds is 2. The molecule has 1 fully saturated rings. The quantitative estimate of drug-likeness (QED) is 0.575. The molecular formula is C27H22N2O3. The number of imide groups is 1. The minimum atomic E-state index is -0.567. The van der Waals surface area contributed by atoms with E-state index in [2.05, 4.69) is 23.1 Å². The van der Waals surface area contributed by atoms with Crippen molar-refractivity contribution in [2.24, 2.45) is 5.92 Å². The first-order valence-corrected chi connectivity index (χ1v) is 10.8. The summed E-state index contributed by atoms with van der Waals surface area (Å²) in [5.41, 5.74) is 5.50. The molecule has 0 bridgehead atoms. The predicted octanol–water partition coefficient (Wildman–Crippen LogP) is 4.39. The molecular weight excluding hydrogens is 400 g/mol. The molecule has 2 atom stereocenters. The molecule has 32 heavy (non-hydrogen) atoms. The summed E-state index contributed by atoms with van der Waals surface area (Å²) < 4.78 is 5.33. The second kappa shape index (κ2) is 7.09. The maximum Gasteiger partial charge on any atom is 0.261 e. The summed E-state index contributed by atoms with van der Waals surface area (Å²) in [5.74, 6) is -0.399. The first-order valence-electron chi connectivity index (χ1n) is 10.8. The summed E-state index contributed by atoms with van der Waals surface area (Å²) in [5, 5.41) is 0. The predicted molar refractivity (Wildman–Crippen MR) is 124 cm³/mol. The highest BCUT2D eigenvalue weighted by molar-refractivity contribution is 6.31. The third-order valence-corrected chi connectivity index (χ3v) is 6.79. The molecule has 5 nitrogen and oxygen atoms in total. The fourth-order valence-electron chi connectivity index (χ4n) is 5.35. The molecule has 2 amide bonds. The smallest absolute Gasteiger partial charge is 0.261 e. The summed E-state index contributed by atoms with van der Waals surface area (Å²) in [6.07, 6.45) is 2.83. The Balaban J connectivity index is 1.57. The Kier molecular flexibility index (Phi) is 4.18. The molecule has 3 aliphatic rings. The summed E-state index contributed by atoms with van der Waals surface area (Å²) in [6.45, 7) is 0.803. The lowest BCUT2D eigenvalue weighted by Crippen LogP contribution is -2.42. The second-order valence-electron chi connectivity index (χ2n) is 8.40. The number of hydrogen-bond donors (Lipinski definition) is 0. The standard InChI is InChI=1S/C27H22N2O3/c1-32-20-10-6-9-19(16-20)29-26(30)22-15-18-8-3-5-12-23(18)28-14-13-17-7-2-4-11-21(17)25(28)24(22)27(29)31/h2-12,15-16,24-25H,13-14H2,1H3. The second-order valence-corrected chi connectivity index (χ2v) is 8.40. The summed E-state index contributed by atoms with van der Waals surface area (Å²) in [6, 6.07) is 23.3. The number of methoxy groups -OCH3 is 1. The van der Waals surface area contributed by atoms with Crippen LogP contribution in [0.1, 0.15) is 22.7 Å². The Hall–Kier alpha value is -3.86. The van der Waals surface area contributed by atoms with Gasteiger partial charge in [0, 0.05) is 23.9 Å². The van der Waals surface area contributed by atoms with E-state index in [0.717, 1.165) is 29.8 Å². The number of fused-ring (bicyclic) bond motifs is 7. The van der Waals surface area contributed by atoms with Gasteiger partial charge in [0.15, 0.2) is 0 Å². The van der Waals surface area contributed by atoms with Crippen LogP contribution < -0.4 is 14.5 Å². The lowest BCUT2D eigenvalue weighted by Gasteiger charge is -2.41. The number of hydrogen-bond acceptors (Lipinski definition) is 4. The van der Waals surface area contributed by atoms with Gasteiger partial charge in [-0.25, -0.2) is 4.90 Å². The summed E-state index contributed by atoms with van der Waals surface area (Å²) in [7, 11) is 1.58. The fraction of sp³-hybridized carbons (Fsp3) is 0.185. The van der Waals surface area contributed by atoms with Gasteiger partial charge in [0.1, 0.15) is 5.75 Å². The first kappa shape index (κ1) is 18.9. The Labute approximate surface area is 186 Å². The highest BCUT2D eigenvalue weighted by Crippen LogP contribution is 2.49. The van der Waals surface area contributed by atoms with E-state index in [1.165, 1.54) is 10.5 Å². The molecule has 3 heterocycles. The van der Waals surface area contributed by atoms with Gasteiger partial charge in [-0.2, -0.15) is 0 Å². The van der Waals surface area contributed by atoms with Crippen molar-refractivity contribution in [2.75, 3.05) is 23.5 Å². The Bertz CT molecular complexity index is 1300. The fourth-order valence-corrected chi connectivity index (χ4v) is 5.35. The number of para-hydroxylation sites is 1. The van der Waals surface area contributed by atoms with Gasteiger partial charge in [-0.1, -0.05) is 48.5 Å². The Morgan fingerprint density at radius 3 is 2.62 bits per heavy atom. The van der Waals surface area contributed by atoms with Crippen molar-refractivity contribution in [3.63, 3.8) is 0 Å². The molecule has 0 N–H and O–H groups in total. The largest absolute Gasteiger partial charge is 0.497 e. The van der Waals surface area contributed by atoms with Gasteiger partial charge in [-0.15, -0.1) is 0 Å². The van der Waals surface area contributed by atoms with E-state index in [1.807, 2.05) is 36.4 Å². The molecule has 3 aliphatic heterocycles. The number of carbonyl (C=O) groups excluding carboxylic acids is 2. The average Bonchev–Trinajstić information content (AvgIpc) is 2.98. The molecule has 3 aromatic carbocycles. The van der Waals surface area contributed by atoms with E-state index in [1.54, 1.807) is 31.4 Å². The number of carbonyl (C=O) groups is 2. The molecule has 158 valence electrons. The zero-order valence-electron chi connectivity index (χ0n) is 17.7. The number of amides is 2. The van der Waals surface area contributed by atoms with Crippen LogP contribution in [0.25, 0.3) is 6.08 Å². The van der Waals surface area contributed by atoms with Crippen LogP contribution in [0, 0.1) is 5.92 Å². The average molecular weight is 422 g/mol. The van der Waals surface area contributed by atoms with E-state index >= 15 is 0 Å². The minimum absolute atomic E-state index is 0.186. The zero-order chi connectivity index (χ0) is 21.8. The van der Waals surface area contributed by atoms with Crippen LogP contribution in [0.2, 0.25) is 0 Å². The molecule has 0 aromatic heterocycles. The third-order valence-electron chi connectivity index (χ3n) is 6.79. The van der Waals surface area contributed by atoms with E-state index in [9.17, 15) is 9.59 Å². The van der Waals surface area contributed by atoms with E-state index in [4.69, 9.17) is 4.74 Å². The maximum atomic E-state index is 13.9. The van der Waals surface area contributed by atoms with E-state index < -0.39 is 5.92 Å². The number of ether oxygens (including phenoxy) is 1. The van der Waals surface area contributed by atoms with Crippen LogP contribution in [0.4, 0.5) is 11.4 Å². The van der Waals surface area contributed by atoms with Gasteiger partial charge in [-0.3, -0.25) is 9.59 Å². The minimum Gasteiger partial charge on any atom is -0.497 e. The van der Waals surface area contributed by atoms with E-state index in [-0.39, 0.29) is 17.9 Å². The van der Waals surface area contributed by atoms with Crippen LogP contribution in [0.5, 0.6) is 5.75 Å². The lowest BCUT2D eigenvalue weighted by atomic mass is 9.82. The van der Waals surface area contributed by atoms with Gasteiger partial charge >= 0.3 is 0 Å². The highest BCUT2D eigenvalue weighted by atomic mass is 16.5. The van der Waals surface area contributed by atoms with Gasteiger partial charge in [0.05, 0.1) is 24.8 Å². The van der Waals surface area contributed by atoms with Gasteiger partial charge in [0.2, 0.25) is 5.91 Å². The van der Waals surface area contributed by atoms with Crippen molar-refractivity contribution < 1.29 is 14.3 Å². The third kappa shape index (κ3) is 2.64. The summed E-state index contributed by atoms with van der Waals surface area (Å²) >= 11 is 0. The van der Waals surface area contributed by atoms with Crippen LogP contribution in [-0.2, 0) is 16.0 Å². The highest BCUT2D eigenvalue weighted by Gasteiger charge is 2.52. The number of anilines is 2. The summed E-state index contributed by atoms with van der Waals surface area (Å²) in [4.78, 5) is 31.2. The van der Waals surface area contributed by atoms with Crippen molar-refractivity contribution in [1.29, 1.82) is 0 Å². The lowest BCUT2D eigenvalue weighted by molar-refractivity contribution is -0.122. The topological polar surface area (TPSA) is 49.9 Å². The zero-order valence-corrected chi connectivity index (χ0v) is 17.7. The van der Waals surface area contributed by atoms with Crippen molar-refractivity contribution in [2.45, 2.75) is 12.5 Å². The van der Waals surface area contributed by atoms with Crippen LogP contribution in [0.15, 0.2) is 78.4 Å². The molecule has 5 heteroatoms. The van der Waals surface area contributed by atoms with Crippen LogP contribution >= 0.6 is 0 Å². The molecule has 0 radical (unpaired) electrons. The molecule has 2 unspecified atom stereocenters. The van der Waals surface area contributed by atoms with Gasteiger partial charge < -0.3 is 9.64 Å². The normalized spacial score (nSPS) is 21.2. The Morgan fingerprint density at radius 2 is 1.75 bits per heavy atom. The van der Waals surface area contributed by atoms with Crippen molar-refractivity contribution >= 4 is 29.3 Å². The SMILES string of the molecule is COc1cccc(N2C(=O)C3=Cc4ccccc4N4CCc5ccccc5C4C3C2=O)c1. The molecule has 0 aliphatic carbocycles.